The van der Waals surface area contributed by atoms with Crippen LogP contribution in [0.3, 0.4) is 0 Å². The number of sulfonamides is 1. The van der Waals surface area contributed by atoms with E-state index < -0.39 is 15.5 Å². The number of likely N-dealkylation sites (tertiary alicyclic amines) is 1. The Balaban J connectivity index is 1.73. The van der Waals surface area contributed by atoms with Gasteiger partial charge in [-0.3, -0.25) is 4.99 Å². The normalized spacial score (nSPS) is 22.4. The largest absolute Gasteiger partial charge is 0.511 e. The molecule has 0 aliphatic carbocycles. The van der Waals surface area contributed by atoms with Crippen molar-refractivity contribution in [3.05, 3.63) is 0 Å². The van der Waals surface area contributed by atoms with Crippen molar-refractivity contribution in [2.75, 3.05) is 46.3 Å². The van der Waals surface area contributed by atoms with Crippen LogP contribution >= 0.6 is 0 Å². The first-order valence-corrected chi connectivity index (χ1v) is 11.4. The van der Waals surface area contributed by atoms with Crippen molar-refractivity contribution in [2.24, 2.45) is 10.9 Å². The second-order valence-corrected chi connectivity index (χ2v) is 9.44. The van der Waals surface area contributed by atoms with E-state index in [-0.39, 0.29) is 19.1 Å². The maximum Gasteiger partial charge on any atom is 0.511 e. The van der Waals surface area contributed by atoms with Gasteiger partial charge in [-0.05, 0) is 57.7 Å². The molecule has 0 bridgehead atoms. The third kappa shape index (κ3) is 6.21. The lowest BCUT2D eigenvalue weighted by Crippen LogP contribution is -2.52. The van der Waals surface area contributed by atoms with Gasteiger partial charge >= 0.3 is 15.5 Å². The first kappa shape index (κ1) is 23.2. The molecular formula is C17H32F3N5O2S. The van der Waals surface area contributed by atoms with Gasteiger partial charge in [-0.15, -0.1) is 0 Å². The zero-order chi connectivity index (χ0) is 20.8. The quantitative estimate of drug-likeness (QED) is 0.497. The molecular weight excluding hydrogens is 395 g/mol. The third-order valence-corrected chi connectivity index (χ3v) is 7.09. The highest BCUT2D eigenvalue weighted by Gasteiger charge is 2.50. The molecule has 2 heterocycles. The number of hydrogen-bond donors (Lipinski definition) is 2. The summed E-state index contributed by atoms with van der Waals surface area (Å²) in [5.74, 6) is 1.19. The molecule has 0 amide bonds. The van der Waals surface area contributed by atoms with Crippen LogP contribution in [-0.4, -0.2) is 81.4 Å². The van der Waals surface area contributed by atoms with Crippen molar-refractivity contribution >= 4 is 16.0 Å². The van der Waals surface area contributed by atoms with E-state index in [0.29, 0.717) is 29.0 Å². The Morgan fingerprint density at radius 3 is 2.21 bits per heavy atom. The van der Waals surface area contributed by atoms with Gasteiger partial charge in [-0.1, -0.05) is 6.92 Å². The molecule has 2 aliphatic rings. The Morgan fingerprint density at radius 1 is 1.11 bits per heavy atom. The monoisotopic (exact) mass is 427 g/mol. The molecule has 164 valence electrons. The fourth-order valence-electron chi connectivity index (χ4n) is 3.75. The second-order valence-electron chi connectivity index (χ2n) is 7.51. The molecule has 28 heavy (non-hydrogen) atoms. The summed E-state index contributed by atoms with van der Waals surface area (Å²) >= 11 is 0. The number of piperidine rings is 2. The molecule has 0 aromatic heterocycles. The standard InChI is InChI=1S/C17H32F3N5O2S/c1-3-8-24-9-4-14(5-10-24)13-22-16(21-2)23-15-6-11-25(12-7-15)28(26,27)17(18,19)20/h14-15H,3-13H2,1-2H3,(H2,21,22,23). The zero-order valence-electron chi connectivity index (χ0n) is 16.6. The Kier molecular flexibility index (Phi) is 8.38. The van der Waals surface area contributed by atoms with Crippen molar-refractivity contribution in [3.63, 3.8) is 0 Å². The van der Waals surface area contributed by atoms with E-state index in [2.05, 4.69) is 27.4 Å². The lowest BCUT2D eigenvalue weighted by atomic mass is 9.97. The highest BCUT2D eigenvalue weighted by atomic mass is 32.2. The lowest BCUT2D eigenvalue weighted by Gasteiger charge is -2.34. The van der Waals surface area contributed by atoms with E-state index in [1.807, 2.05) is 0 Å². The van der Waals surface area contributed by atoms with E-state index >= 15 is 0 Å². The smallest absolute Gasteiger partial charge is 0.356 e. The molecule has 2 N–H and O–H groups in total. The molecule has 2 fully saturated rings. The molecule has 2 saturated heterocycles. The van der Waals surface area contributed by atoms with Gasteiger partial charge in [-0.25, -0.2) is 8.42 Å². The van der Waals surface area contributed by atoms with Gasteiger partial charge in [0, 0.05) is 32.7 Å². The molecule has 2 rings (SSSR count). The van der Waals surface area contributed by atoms with Gasteiger partial charge in [0.2, 0.25) is 0 Å². The van der Waals surface area contributed by atoms with E-state index in [9.17, 15) is 21.6 Å². The Morgan fingerprint density at radius 2 is 1.71 bits per heavy atom. The highest BCUT2D eigenvalue weighted by molar-refractivity contribution is 7.90. The SMILES string of the molecule is CCCN1CCC(CNC(=NC)NC2CCN(S(=O)(=O)C(F)(F)F)CC2)CC1. The third-order valence-electron chi connectivity index (χ3n) is 5.46. The Bertz CT molecular complexity index is 611. The molecule has 0 aromatic carbocycles. The zero-order valence-corrected chi connectivity index (χ0v) is 17.4. The molecule has 0 saturated carbocycles. The fourth-order valence-corrected chi connectivity index (χ4v) is 4.73. The van der Waals surface area contributed by atoms with Crippen molar-refractivity contribution in [3.8, 4) is 0 Å². The minimum Gasteiger partial charge on any atom is -0.356 e. The van der Waals surface area contributed by atoms with Crippen LogP contribution in [0.25, 0.3) is 0 Å². The minimum absolute atomic E-state index is 0.0997. The van der Waals surface area contributed by atoms with E-state index in [1.54, 1.807) is 7.05 Å². The number of rotatable bonds is 6. The lowest BCUT2D eigenvalue weighted by molar-refractivity contribution is -0.0494. The first-order valence-electron chi connectivity index (χ1n) is 9.93. The number of hydrogen-bond acceptors (Lipinski definition) is 4. The maximum atomic E-state index is 12.6. The van der Waals surface area contributed by atoms with Crippen LogP contribution < -0.4 is 10.6 Å². The number of nitrogens with zero attached hydrogens (tertiary/aromatic N) is 3. The number of alkyl halides is 3. The van der Waals surface area contributed by atoms with Gasteiger partial charge in [0.25, 0.3) is 0 Å². The summed E-state index contributed by atoms with van der Waals surface area (Å²) in [6.45, 7) is 6.06. The number of aliphatic imine (C=N–C) groups is 1. The molecule has 0 radical (unpaired) electrons. The summed E-state index contributed by atoms with van der Waals surface area (Å²) in [7, 11) is -3.58. The maximum absolute atomic E-state index is 12.6. The molecule has 2 aliphatic heterocycles. The van der Waals surface area contributed by atoms with Gasteiger partial charge in [0.15, 0.2) is 5.96 Å². The Labute approximate surface area is 165 Å². The fraction of sp³-hybridized carbons (Fsp3) is 0.941. The van der Waals surface area contributed by atoms with Gasteiger partial charge in [-0.2, -0.15) is 17.5 Å². The number of nitrogens with one attached hydrogen (secondary N) is 2. The average Bonchev–Trinajstić information content (AvgIpc) is 2.66. The van der Waals surface area contributed by atoms with Gasteiger partial charge in [0.05, 0.1) is 0 Å². The first-order chi connectivity index (χ1) is 13.2. The van der Waals surface area contributed by atoms with Crippen LogP contribution in [0.2, 0.25) is 0 Å². The summed E-state index contributed by atoms with van der Waals surface area (Å²) in [4.78, 5) is 6.67. The van der Waals surface area contributed by atoms with Crippen LogP contribution in [0.1, 0.15) is 39.0 Å². The van der Waals surface area contributed by atoms with E-state index in [0.717, 1.165) is 39.0 Å². The van der Waals surface area contributed by atoms with Crippen LogP contribution in [-0.2, 0) is 10.0 Å². The van der Waals surface area contributed by atoms with Crippen molar-refractivity contribution < 1.29 is 21.6 Å². The predicted octanol–water partition coefficient (Wildman–Crippen LogP) is 1.59. The Hall–Kier alpha value is -1.07. The summed E-state index contributed by atoms with van der Waals surface area (Å²) in [6.07, 6.45) is 4.06. The van der Waals surface area contributed by atoms with Crippen molar-refractivity contribution in [1.82, 2.24) is 19.8 Å². The number of halogens is 3. The molecule has 0 aromatic rings. The summed E-state index contributed by atoms with van der Waals surface area (Å²) < 4.78 is 61.4. The second kappa shape index (κ2) is 10.1. The van der Waals surface area contributed by atoms with E-state index in [1.165, 1.54) is 6.42 Å². The molecule has 11 heteroatoms. The highest BCUT2D eigenvalue weighted by Crippen LogP contribution is 2.28. The predicted molar refractivity (Wildman–Crippen MR) is 104 cm³/mol. The van der Waals surface area contributed by atoms with Crippen molar-refractivity contribution in [1.29, 1.82) is 0 Å². The molecule has 7 nitrogen and oxygen atoms in total. The van der Waals surface area contributed by atoms with Crippen molar-refractivity contribution in [2.45, 2.75) is 50.6 Å². The summed E-state index contributed by atoms with van der Waals surface area (Å²) in [6, 6.07) is -0.0997. The number of guanidine groups is 1. The summed E-state index contributed by atoms with van der Waals surface area (Å²) in [5, 5.41) is 6.52. The molecule has 0 unspecified atom stereocenters. The average molecular weight is 428 g/mol. The topological polar surface area (TPSA) is 77.0 Å². The van der Waals surface area contributed by atoms with Crippen LogP contribution in [0.4, 0.5) is 13.2 Å². The van der Waals surface area contributed by atoms with Crippen LogP contribution in [0, 0.1) is 5.92 Å². The van der Waals surface area contributed by atoms with E-state index in [4.69, 9.17) is 0 Å². The minimum atomic E-state index is -5.24. The molecule has 0 atom stereocenters. The van der Waals surface area contributed by atoms with Gasteiger partial charge in [0.1, 0.15) is 0 Å². The van der Waals surface area contributed by atoms with Gasteiger partial charge < -0.3 is 15.5 Å². The summed E-state index contributed by atoms with van der Waals surface area (Å²) in [5.41, 5.74) is -5.24. The van der Waals surface area contributed by atoms with Crippen LogP contribution in [0.15, 0.2) is 4.99 Å². The van der Waals surface area contributed by atoms with Crippen LogP contribution in [0.5, 0.6) is 0 Å². The molecule has 0 spiro atoms.